The highest BCUT2D eigenvalue weighted by molar-refractivity contribution is 5.52. The average Bonchev–Trinajstić information content (AvgIpc) is 2.96. The molecule has 0 fully saturated rings. The van der Waals surface area contributed by atoms with Crippen molar-refractivity contribution in [2.75, 3.05) is 0 Å². The predicted octanol–water partition coefficient (Wildman–Crippen LogP) is 1.03. The Hall–Kier alpha value is -2.83. The average molecular weight is 282 g/mol. The molecule has 3 aromatic rings. The van der Waals surface area contributed by atoms with Gasteiger partial charge in [-0.2, -0.15) is 4.80 Å². The van der Waals surface area contributed by atoms with E-state index in [1.807, 2.05) is 37.3 Å². The van der Waals surface area contributed by atoms with E-state index in [1.165, 1.54) is 10.9 Å². The van der Waals surface area contributed by atoms with Crippen LogP contribution < -0.4 is 5.56 Å². The fourth-order valence-corrected chi connectivity index (χ4v) is 1.97. The molecule has 2 heterocycles. The first-order valence-electron chi connectivity index (χ1n) is 6.67. The van der Waals surface area contributed by atoms with Crippen LogP contribution in [0.5, 0.6) is 0 Å². The molecule has 1 N–H and O–H groups in total. The van der Waals surface area contributed by atoms with E-state index in [0.717, 1.165) is 11.3 Å². The van der Waals surface area contributed by atoms with E-state index in [0.29, 0.717) is 18.1 Å². The van der Waals surface area contributed by atoms with E-state index < -0.39 is 0 Å². The summed E-state index contributed by atoms with van der Waals surface area (Å²) in [5, 5.41) is 12.3. The molecule has 0 saturated carbocycles. The number of nitrogens with one attached hydrogen (secondary N) is 1. The van der Waals surface area contributed by atoms with Gasteiger partial charge in [-0.3, -0.25) is 4.79 Å². The zero-order valence-corrected chi connectivity index (χ0v) is 11.5. The monoisotopic (exact) mass is 282 g/mol. The van der Waals surface area contributed by atoms with Crippen molar-refractivity contribution in [1.82, 2.24) is 30.2 Å². The van der Waals surface area contributed by atoms with Crippen LogP contribution in [0.15, 0.2) is 41.2 Å². The smallest absolute Gasteiger partial charge is 0.251 e. The molecule has 0 saturated heterocycles. The number of aromatic amines is 1. The summed E-state index contributed by atoms with van der Waals surface area (Å²) < 4.78 is 0. The molecular weight excluding hydrogens is 268 g/mol. The maximum absolute atomic E-state index is 11.5. The van der Waals surface area contributed by atoms with Gasteiger partial charge in [0, 0.05) is 17.3 Å². The lowest BCUT2D eigenvalue weighted by Gasteiger charge is -2.01. The van der Waals surface area contributed by atoms with Crippen molar-refractivity contribution in [2.24, 2.45) is 0 Å². The number of hydrogen-bond donors (Lipinski definition) is 1. The predicted molar refractivity (Wildman–Crippen MR) is 76.6 cm³/mol. The highest BCUT2D eigenvalue weighted by Crippen LogP contribution is 2.11. The number of hydrogen-bond acceptors (Lipinski definition) is 5. The van der Waals surface area contributed by atoms with Gasteiger partial charge in [-0.25, -0.2) is 4.98 Å². The van der Waals surface area contributed by atoms with Crippen molar-refractivity contribution in [3.8, 4) is 11.4 Å². The third-order valence-electron chi connectivity index (χ3n) is 2.98. The van der Waals surface area contributed by atoms with Gasteiger partial charge in [-0.05, 0) is 11.6 Å². The Morgan fingerprint density at radius 3 is 2.81 bits per heavy atom. The molecule has 0 bridgehead atoms. The lowest BCUT2D eigenvalue weighted by atomic mass is 10.2. The van der Waals surface area contributed by atoms with E-state index in [9.17, 15) is 4.79 Å². The second kappa shape index (κ2) is 5.66. The van der Waals surface area contributed by atoms with Gasteiger partial charge >= 0.3 is 0 Å². The molecule has 0 aliphatic rings. The Kier molecular flexibility index (Phi) is 3.55. The summed E-state index contributed by atoms with van der Waals surface area (Å²) >= 11 is 0. The molecule has 2 aromatic heterocycles. The van der Waals surface area contributed by atoms with E-state index >= 15 is 0 Å². The molecule has 0 atom stereocenters. The van der Waals surface area contributed by atoms with E-state index in [2.05, 4.69) is 25.4 Å². The molecule has 0 aliphatic carbocycles. The van der Waals surface area contributed by atoms with Crippen molar-refractivity contribution in [2.45, 2.75) is 19.9 Å². The first-order valence-corrected chi connectivity index (χ1v) is 6.67. The molecule has 106 valence electrons. The molecule has 7 nitrogen and oxygen atoms in total. The lowest BCUT2D eigenvalue weighted by Crippen LogP contribution is -2.16. The number of aryl methyl sites for hydroxylation is 1. The Morgan fingerprint density at radius 2 is 2.05 bits per heavy atom. The summed E-state index contributed by atoms with van der Waals surface area (Å²) in [4.78, 5) is 20.0. The summed E-state index contributed by atoms with van der Waals surface area (Å²) in [6.45, 7) is 2.23. The minimum absolute atomic E-state index is 0.166. The number of rotatable bonds is 4. The molecule has 1 aromatic carbocycles. The van der Waals surface area contributed by atoms with E-state index in [4.69, 9.17) is 0 Å². The fraction of sp³-hybridized carbons (Fsp3) is 0.214. The van der Waals surface area contributed by atoms with Crippen LogP contribution in [0.3, 0.4) is 0 Å². The molecular formula is C14H14N6O. The molecule has 0 radical (unpaired) electrons. The third-order valence-corrected chi connectivity index (χ3v) is 2.98. The van der Waals surface area contributed by atoms with Crippen LogP contribution in [-0.2, 0) is 13.0 Å². The fourth-order valence-electron chi connectivity index (χ4n) is 1.97. The van der Waals surface area contributed by atoms with Crippen LogP contribution >= 0.6 is 0 Å². The van der Waals surface area contributed by atoms with Crippen LogP contribution in [-0.4, -0.2) is 30.2 Å². The highest BCUT2D eigenvalue weighted by Gasteiger charge is 2.07. The number of benzene rings is 1. The second-order valence-corrected chi connectivity index (χ2v) is 4.55. The first kappa shape index (κ1) is 13.2. The van der Waals surface area contributed by atoms with Crippen molar-refractivity contribution in [3.05, 3.63) is 58.3 Å². The number of H-pyrrole nitrogens is 1. The maximum Gasteiger partial charge on any atom is 0.251 e. The van der Waals surface area contributed by atoms with Crippen molar-refractivity contribution in [1.29, 1.82) is 0 Å². The molecule has 0 amide bonds. The molecule has 0 spiro atoms. The minimum Gasteiger partial charge on any atom is -0.309 e. The molecule has 3 rings (SSSR count). The molecule has 0 aliphatic heterocycles. The Balaban J connectivity index is 1.85. The van der Waals surface area contributed by atoms with Crippen molar-refractivity contribution >= 4 is 0 Å². The summed E-state index contributed by atoms with van der Waals surface area (Å²) in [5.41, 5.74) is 1.48. The number of nitrogens with zero attached hydrogens (tertiary/aromatic N) is 5. The second-order valence-electron chi connectivity index (χ2n) is 4.55. The van der Waals surface area contributed by atoms with Gasteiger partial charge in [0.25, 0.3) is 5.56 Å². The zero-order chi connectivity index (χ0) is 14.7. The standard InChI is InChI=1S/C14H14N6O/c1-2-11-8-13(21)16-12(15-11)9-20-18-14(17-19-20)10-6-4-3-5-7-10/h3-8H,2,9H2,1H3,(H,15,16,21). The summed E-state index contributed by atoms with van der Waals surface area (Å²) in [6.07, 6.45) is 0.705. The van der Waals surface area contributed by atoms with Crippen LogP contribution in [0.4, 0.5) is 0 Å². The van der Waals surface area contributed by atoms with Gasteiger partial charge < -0.3 is 4.98 Å². The first-order chi connectivity index (χ1) is 10.2. The van der Waals surface area contributed by atoms with Crippen molar-refractivity contribution < 1.29 is 0 Å². The summed E-state index contributed by atoms with van der Waals surface area (Å²) in [7, 11) is 0. The quantitative estimate of drug-likeness (QED) is 0.772. The number of tetrazole rings is 1. The van der Waals surface area contributed by atoms with E-state index in [-0.39, 0.29) is 12.1 Å². The van der Waals surface area contributed by atoms with E-state index in [1.54, 1.807) is 0 Å². The Bertz CT molecular complexity index is 792. The molecule has 7 heteroatoms. The van der Waals surface area contributed by atoms with Gasteiger partial charge in [-0.1, -0.05) is 37.3 Å². The summed E-state index contributed by atoms with van der Waals surface area (Å²) in [5.74, 6) is 1.07. The van der Waals surface area contributed by atoms with Crippen LogP contribution in [0.2, 0.25) is 0 Å². The van der Waals surface area contributed by atoms with Gasteiger partial charge in [-0.15, -0.1) is 10.2 Å². The largest absolute Gasteiger partial charge is 0.309 e. The third kappa shape index (κ3) is 3.02. The maximum atomic E-state index is 11.5. The Morgan fingerprint density at radius 1 is 1.24 bits per heavy atom. The van der Waals surface area contributed by atoms with Crippen LogP contribution in [0, 0.1) is 0 Å². The topological polar surface area (TPSA) is 89.4 Å². The Labute approximate surface area is 120 Å². The zero-order valence-electron chi connectivity index (χ0n) is 11.5. The lowest BCUT2D eigenvalue weighted by molar-refractivity contribution is 0.551. The summed E-state index contributed by atoms with van der Waals surface area (Å²) in [6, 6.07) is 11.1. The van der Waals surface area contributed by atoms with Gasteiger partial charge in [0.2, 0.25) is 5.82 Å². The van der Waals surface area contributed by atoms with Crippen molar-refractivity contribution in [3.63, 3.8) is 0 Å². The van der Waals surface area contributed by atoms with Gasteiger partial charge in [0.05, 0.1) is 0 Å². The number of aromatic nitrogens is 6. The highest BCUT2D eigenvalue weighted by atomic mass is 16.1. The normalized spacial score (nSPS) is 10.7. The van der Waals surface area contributed by atoms with Gasteiger partial charge in [0.1, 0.15) is 12.4 Å². The van der Waals surface area contributed by atoms with Gasteiger partial charge in [0.15, 0.2) is 0 Å². The minimum atomic E-state index is -0.166. The molecule has 21 heavy (non-hydrogen) atoms. The molecule has 0 unspecified atom stereocenters. The SMILES string of the molecule is CCc1cc(=O)[nH]c(Cn2nnc(-c3ccccc3)n2)n1. The van der Waals surface area contributed by atoms with Crippen LogP contribution in [0.1, 0.15) is 18.4 Å². The van der Waals surface area contributed by atoms with Crippen LogP contribution in [0.25, 0.3) is 11.4 Å².